The normalized spacial score (nSPS) is 28.9. The molecule has 1 unspecified atom stereocenters. The molecule has 5 heteroatoms. The second-order valence-electron chi connectivity index (χ2n) is 4.89. The summed E-state index contributed by atoms with van der Waals surface area (Å²) >= 11 is 0. The Morgan fingerprint density at radius 2 is 1.88 bits per heavy atom. The van der Waals surface area contributed by atoms with Gasteiger partial charge in [-0.3, -0.25) is 0 Å². The molecule has 0 amide bonds. The highest BCUT2D eigenvalue weighted by Gasteiger charge is 2.27. The van der Waals surface area contributed by atoms with Gasteiger partial charge in [0.25, 0.3) is 0 Å². The van der Waals surface area contributed by atoms with Gasteiger partial charge in [0, 0.05) is 12.6 Å². The van der Waals surface area contributed by atoms with Crippen molar-refractivity contribution in [3.05, 3.63) is 0 Å². The standard InChI is InChI=1S/C11H24N2O2S/c1-3-11(8-12)16(14,15)13-10-6-4-9(2)5-7-10/h9-11,13H,3-8,12H2,1-2H3. The van der Waals surface area contributed by atoms with Gasteiger partial charge >= 0.3 is 0 Å². The molecule has 0 radical (unpaired) electrons. The van der Waals surface area contributed by atoms with Gasteiger partial charge in [0.1, 0.15) is 0 Å². The Balaban J connectivity index is 2.52. The number of nitrogens with one attached hydrogen (secondary N) is 1. The molecule has 0 aromatic rings. The molecule has 96 valence electrons. The van der Waals surface area contributed by atoms with E-state index >= 15 is 0 Å². The molecular weight excluding hydrogens is 224 g/mol. The first-order valence-electron chi connectivity index (χ1n) is 6.20. The van der Waals surface area contributed by atoms with Crippen LogP contribution >= 0.6 is 0 Å². The van der Waals surface area contributed by atoms with E-state index < -0.39 is 15.3 Å². The van der Waals surface area contributed by atoms with E-state index in [2.05, 4.69) is 11.6 Å². The van der Waals surface area contributed by atoms with Gasteiger partial charge in [0.05, 0.1) is 5.25 Å². The number of sulfonamides is 1. The van der Waals surface area contributed by atoms with Crippen molar-refractivity contribution in [2.24, 2.45) is 11.7 Å². The van der Waals surface area contributed by atoms with Crippen LogP contribution in [-0.4, -0.2) is 26.3 Å². The lowest BCUT2D eigenvalue weighted by molar-refractivity contribution is 0.331. The second-order valence-corrected chi connectivity index (χ2v) is 6.88. The summed E-state index contributed by atoms with van der Waals surface area (Å²) in [4.78, 5) is 0. The van der Waals surface area contributed by atoms with E-state index in [1.165, 1.54) is 0 Å². The molecule has 4 nitrogen and oxygen atoms in total. The van der Waals surface area contributed by atoms with E-state index in [0.29, 0.717) is 6.42 Å². The zero-order chi connectivity index (χ0) is 12.2. The first-order chi connectivity index (χ1) is 7.49. The molecule has 1 aliphatic carbocycles. The van der Waals surface area contributed by atoms with Crippen molar-refractivity contribution < 1.29 is 8.42 Å². The summed E-state index contributed by atoms with van der Waals surface area (Å²) in [5.41, 5.74) is 5.48. The van der Waals surface area contributed by atoms with Crippen molar-refractivity contribution in [2.75, 3.05) is 6.54 Å². The van der Waals surface area contributed by atoms with Crippen molar-refractivity contribution in [2.45, 2.75) is 57.2 Å². The van der Waals surface area contributed by atoms with Crippen LogP contribution in [0.4, 0.5) is 0 Å². The van der Waals surface area contributed by atoms with Crippen LogP contribution in [0.1, 0.15) is 46.0 Å². The van der Waals surface area contributed by atoms with E-state index in [0.717, 1.165) is 31.6 Å². The summed E-state index contributed by atoms with van der Waals surface area (Å²) < 4.78 is 26.7. The second kappa shape index (κ2) is 5.98. The molecule has 3 N–H and O–H groups in total. The van der Waals surface area contributed by atoms with Crippen molar-refractivity contribution in [1.29, 1.82) is 0 Å². The van der Waals surface area contributed by atoms with Crippen LogP contribution in [0.25, 0.3) is 0 Å². The number of hydrogen-bond donors (Lipinski definition) is 2. The monoisotopic (exact) mass is 248 g/mol. The lowest BCUT2D eigenvalue weighted by Crippen LogP contribution is -2.44. The molecular formula is C11H24N2O2S. The summed E-state index contributed by atoms with van der Waals surface area (Å²) in [6.45, 7) is 4.29. The topological polar surface area (TPSA) is 72.2 Å². The van der Waals surface area contributed by atoms with E-state index in [4.69, 9.17) is 5.73 Å². The SMILES string of the molecule is CCC(CN)S(=O)(=O)NC1CCC(C)CC1. The Bertz CT molecular complexity index is 291. The minimum atomic E-state index is -3.21. The molecule has 1 fully saturated rings. The minimum absolute atomic E-state index is 0.127. The number of hydrogen-bond acceptors (Lipinski definition) is 3. The first-order valence-corrected chi connectivity index (χ1v) is 7.75. The average Bonchev–Trinajstić information content (AvgIpc) is 2.22. The third kappa shape index (κ3) is 3.71. The lowest BCUT2D eigenvalue weighted by atomic mass is 9.88. The molecule has 1 saturated carbocycles. The van der Waals surface area contributed by atoms with Gasteiger partial charge in [-0.25, -0.2) is 13.1 Å². The van der Waals surface area contributed by atoms with Gasteiger partial charge < -0.3 is 5.73 Å². The van der Waals surface area contributed by atoms with Crippen LogP contribution < -0.4 is 10.5 Å². The molecule has 16 heavy (non-hydrogen) atoms. The minimum Gasteiger partial charge on any atom is -0.329 e. The van der Waals surface area contributed by atoms with E-state index in [9.17, 15) is 8.42 Å². The highest BCUT2D eigenvalue weighted by Crippen LogP contribution is 2.24. The summed E-state index contributed by atoms with van der Waals surface area (Å²) in [6.07, 6.45) is 4.73. The zero-order valence-corrected chi connectivity index (χ0v) is 11.1. The molecule has 0 bridgehead atoms. The fraction of sp³-hybridized carbons (Fsp3) is 1.00. The molecule has 0 saturated heterocycles. The Kier molecular flexibility index (Phi) is 5.21. The number of nitrogens with two attached hydrogens (primary N) is 1. The van der Waals surface area contributed by atoms with Gasteiger partial charge in [-0.15, -0.1) is 0 Å². The molecule has 1 aliphatic rings. The lowest BCUT2D eigenvalue weighted by Gasteiger charge is -2.28. The molecule has 0 heterocycles. The quantitative estimate of drug-likeness (QED) is 0.768. The van der Waals surface area contributed by atoms with Crippen molar-refractivity contribution in [1.82, 2.24) is 4.72 Å². The van der Waals surface area contributed by atoms with Crippen LogP contribution in [0.2, 0.25) is 0 Å². The zero-order valence-electron chi connectivity index (χ0n) is 10.3. The van der Waals surface area contributed by atoms with Crippen molar-refractivity contribution in [3.63, 3.8) is 0 Å². The number of rotatable bonds is 5. The van der Waals surface area contributed by atoms with Gasteiger partial charge in [-0.05, 0) is 38.0 Å². The average molecular weight is 248 g/mol. The molecule has 0 aliphatic heterocycles. The summed E-state index contributed by atoms with van der Waals surface area (Å²) in [7, 11) is -3.21. The van der Waals surface area contributed by atoms with Crippen LogP contribution in [0.15, 0.2) is 0 Å². The highest BCUT2D eigenvalue weighted by molar-refractivity contribution is 7.90. The molecule has 0 spiro atoms. The first kappa shape index (κ1) is 13.9. The smallest absolute Gasteiger partial charge is 0.215 e. The Labute approximate surface area is 99.0 Å². The van der Waals surface area contributed by atoms with Crippen LogP contribution in [0.3, 0.4) is 0 Å². The molecule has 0 aromatic heterocycles. The Hall–Kier alpha value is -0.130. The van der Waals surface area contributed by atoms with Crippen LogP contribution in [0, 0.1) is 5.92 Å². The van der Waals surface area contributed by atoms with Gasteiger partial charge in [-0.1, -0.05) is 13.8 Å². The van der Waals surface area contributed by atoms with E-state index in [1.807, 2.05) is 6.92 Å². The molecule has 1 atom stereocenters. The Morgan fingerprint density at radius 1 is 1.31 bits per heavy atom. The summed E-state index contributed by atoms with van der Waals surface area (Å²) in [6, 6.07) is 0.127. The molecule has 1 rings (SSSR count). The largest absolute Gasteiger partial charge is 0.329 e. The summed E-state index contributed by atoms with van der Waals surface area (Å²) in [5.74, 6) is 0.734. The van der Waals surface area contributed by atoms with Crippen molar-refractivity contribution >= 4 is 10.0 Å². The third-order valence-corrected chi connectivity index (χ3v) is 5.57. The van der Waals surface area contributed by atoms with Gasteiger partial charge in [0.2, 0.25) is 10.0 Å². The summed E-state index contributed by atoms with van der Waals surface area (Å²) in [5, 5.41) is -0.438. The predicted molar refractivity (Wildman–Crippen MR) is 66.6 cm³/mol. The fourth-order valence-electron chi connectivity index (χ4n) is 2.22. The maximum absolute atomic E-state index is 12.0. The van der Waals surface area contributed by atoms with Gasteiger partial charge in [-0.2, -0.15) is 0 Å². The van der Waals surface area contributed by atoms with Gasteiger partial charge in [0.15, 0.2) is 0 Å². The van der Waals surface area contributed by atoms with Crippen LogP contribution in [-0.2, 0) is 10.0 Å². The van der Waals surface area contributed by atoms with Crippen LogP contribution in [0.5, 0.6) is 0 Å². The maximum atomic E-state index is 12.0. The fourth-order valence-corrected chi connectivity index (χ4v) is 3.80. The van der Waals surface area contributed by atoms with E-state index in [1.54, 1.807) is 0 Å². The predicted octanol–water partition coefficient (Wildman–Crippen LogP) is 1.22. The van der Waals surface area contributed by atoms with E-state index in [-0.39, 0.29) is 12.6 Å². The molecule has 0 aromatic carbocycles. The Morgan fingerprint density at radius 3 is 2.31 bits per heavy atom. The highest BCUT2D eigenvalue weighted by atomic mass is 32.2. The third-order valence-electron chi connectivity index (χ3n) is 3.50. The van der Waals surface area contributed by atoms with Crippen molar-refractivity contribution in [3.8, 4) is 0 Å². The maximum Gasteiger partial charge on any atom is 0.215 e.